The number of nitrogens with zero attached hydrogens (tertiary/aromatic N) is 3. The minimum Gasteiger partial charge on any atom is -0.473 e. The van der Waals surface area contributed by atoms with Gasteiger partial charge in [0.15, 0.2) is 14.9 Å². The zero-order chi connectivity index (χ0) is 19.3. The van der Waals surface area contributed by atoms with Gasteiger partial charge in [0.2, 0.25) is 0 Å². The minimum atomic E-state index is -3.26. The highest BCUT2D eigenvalue weighted by Gasteiger charge is 2.39. The molecule has 0 amide bonds. The number of aromatic nitrogens is 2. The Labute approximate surface area is 156 Å². The van der Waals surface area contributed by atoms with Crippen molar-refractivity contribution >= 4 is 33.5 Å². The predicted molar refractivity (Wildman–Crippen MR) is 94.0 cm³/mol. The van der Waals surface area contributed by atoms with Gasteiger partial charge in [-0.1, -0.05) is 13.3 Å². The maximum atomic E-state index is 12.4. The molecule has 4 heterocycles. The van der Waals surface area contributed by atoms with Gasteiger partial charge in [-0.25, -0.2) is 18.0 Å². The standard InChI is InChI=1S/C13H21N3O2S2.C2H2O4/c1-2-3-8-20(17,18)13-12(14-19-15-13)11-9-16-6-4-10(11)5-7-16;3-1(4)2(5)6/h10-11H,2-9H2,1H3;(H,3,4)(H,5,6). The van der Waals surface area contributed by atoms with Crippen molar-refractivity contribution in [3.8, 4) is 0 Å². The van der Waals surface area contributed by atoms with Crippen molar-refractivity contribution in [3.63, 3.8) is 0 Å². The highest BCUT2D eigenvalue weighted by Crippen LogP contribution is 2.40. The second kappa shape index (κ2) is 8.87. The number of hydrogen-bond acceptors (Lipinski definition) is 8. The molecule has 4 rings (SSSR count). The van der Waals surface area contributed by atoms with E-state index in [-0.39, 0.29) is 16.7 Å². The highest BCUT2D eigenvalue weighted by molar-refractivity contribution is 7.91. The van der Waals surface area contributed by atoms with Crippen LogP contribution in [0.3, 0.4) is 0 Å². The van der Waals surface area contributed by atoms with Crippen LogP contribution in [-0.4, -0.2) is 69.6 Å². The fourth-order valence-corrected chi connectivity index (χ4v) is 5.84. The second-order valence-corrected chi connectivity index (χ2v) is 9.03. The Hall–Kier alpha value is -1.59. The summed E-state index contributed by atoms with van der Waals surface area (Å²) in [7, 11) is -3.26. The van der Waals surface area contributed by atoms with E-state index in [1.165, 1.54) is 0 Å². The van der Waals surface area contributed by atoms with E-state index in [0.717, 1.165) is 56.3 Å². The van der Waals surface area contributed by atoms with Crippen molar-refractivity contribution < 1.29 is 28.2 Å². The van der Waals surface area contributed by atoms with E-state index in [1.54, 1.807) is 0 Å². The molecule has 2 N–H and O–H groups in total. The predicted octanol–water partition coefficient (Wildman–Crippen LogP) is 1.08. The molecule has 0 saturated carbocycles. The Balaban J connectivity index is 0.000000352. The van der Waals surface area contributed by atoms with Gasteiger partial charge in [-0.2, -0.15) is 8.75 Å². The second-order valence-electron chi connectivity index (χ2n) is 6.48. The van der Waals surface area contributed by atoms with E-state index in [9.17, 15) is 8.42 Å². The lowest BCUT2D eigenvalue weighted by Gasteiger charge is -2.44. The molecule has 0 aromatic carbocycles. The van der Waals surface area contributed by atoms with Crippen molar-refractivity contribution in [2.24, 2.45) is 5.92 Å². The fraction of sp³-hybridized carbons (Fsp3) is 0.733. The molecule has 1 unspecified atom stereocenters. The number of sulfone groups is 1. The van der Waals surface area contributed by atoms with Crippen molar-refractivity contribution in [1.82, 2.24) is 13.6 Å². The Kier molecular flexibility index (Phi) is 7.07. The number of aliphatic carboxylic acids is 2. The average molecular weight is 405 g/mol. The summed E-state index contributed by atoms with van der Waals surface area (Å²) >= 11 is 1.05. The van der Waals surface area contributed by atoms with E-state index in [1.807, 2.05) is 6.92 Å². The van der Waals surface area contributed by atoms with E-state index in [2.05, 4.69) is 13.6 Å². The first-order chi connectivity index (χ1) is 12.3. The molecule has 1 aromatic rings. The van der Waals surface area contributed by atoms with Crippen LogP contribution in [0.4, 0.5) is 0 Å². The molecule has 3 fully saturated rings. The van der Waals surface area contributed by atoms with Crippen LogP contribution in [0.2, 0.25) is 0 Å². The van der Waals surface area contributed by atoms with Gasteiger partial charge in [0, 0.05) is 12.5 Å². The van der Waals surface area contributed by atoms with Gasteiger partial charge in [-0.15, -0.1) is 0 Å². The molecule has 0 radical (unpaired) electrons. The quantitative estimate of drug-likeness (QED) is 0.689. The van der Waals surface area contributed by atoms with Gasteiger partial charge >= 0.3 is 11.9 Å². The summed E-state index contributed by atoms with van der Waals surface area (Å²) in [6.45, 7) is 5.25. The van der Waals surface area contributed by atoms with Crippen molar-refractivity contribution in [2.45, 2.75) is 43.6 Å². The van der Waals surface area contributed by atoms with Crippen LogP contribution >= 0.6 is 11.7 Å². The van der Waals surface area contributed by atoms with Crippen LogP contribution in [0.15, 0.2) is 5.03 Å². The zero-order valence-corrected chi connectivity index (χ0v) is 16.1. The molecule has 0 spiro atoms. The SMILES string of the molecule is CCCCS(=O)(=O)c1nsnc1C1CN2CCC1CC2.O=C(O)C(=O)O. The van der Waals surface area contributed by atoms with Crippen LogP contribution in [0.25, 0.3) is 0 Å². The summed E-state index contributed by atoms with van der Waals surface area (Å²) in [5, 5.41) is 15.1. The summed E-state index contributed by atoms with van der Waals surface area (Å²) < 4.78 is 33.3. The monoisotopic (exact) mass is 405 g/mol. The normalized spacial score (nSPS) is 24.6. The number of unbranched alkanes of at least 4 members (excludes halogenated alkanes) is 1. The van der Waals surface area contributed by atoms with E-state index >= 15 is 0 Å². The molecule has 3 aliphatic heterocycles. The van der Waals surface area contributed by atoms with Crippen molar-refractivity contribution in [2.75, 3.05) is 25.4 Å². The Morgan fingerprint density at radius 1 is 1.19 bits per heavy atom. The summed E-state index contributed by atoms with van der Waals surface area (Å²) in [5.41, 5.74) is 0.750. The third kappa shape index (κ3) is 4.98. The van der Waals surface area contributed by atoms with Gasteiger partial charge in [0.1, 0.15) is 0 Å². The first kappa shape index (κ1) is 20.7. The molecule has 9 nitrogen and oxygen atoms in total. The Bertz CT molecular complexity index is 728. The van der Waals surface area contributed by atoms with Crippen LogP contribution < -0.4 is 0 Å². The summed E-state index contributed by atoms with van der Waals surface area (Å²) in [6.07, 6.45) is 3.90. The Morgan fingerprint density at radius 2 is 1.81 bits per heavy atom. The third-order valence-electron chi connectivity index (χ3n) is 4.73. The highest BCUT2D eigenvalue weighted by atomic mass is 32.2. The Morgan fingerprint density at radius 3 is 2.27 bits per heavy atom. The molecule has 3 saturated heterocycles. The molecule has 146 valence electrons. The van der Waals surface area contributed by atoms with Crippen LogP contribution in [0, 0.1) is 5.92 Å². The van der Waals surface area contributed by atoms with Gasteiger partial charge in [0.05, 0.1) is 23.2 Å². The zero-order valence-electron chi connectivity index (χ0n) is 14.5. The van der Waals surface area contributed by atoms with E-state index in [4.69, 9.17) is 19.8 Å². The summed E-state index contributed by atoms with van der Waals surface area (Å²) in [6, 6.07) is 0. The molecule has 26 heavy (non-hydrogen) atoms. The maximum absolute atomic E-state index is 12.4. The molecule has 3 aliphatic rings. The van der Waals surface area contributed by atoms with Crippen LogP contribution in [0.1, 0.15) is 44.2 Å². The number of carboxylic acid groups (broad SMARTS) is 2. The molecule has 1 aromatic heterocycles. The number of fused-ring (bicyclic) bond motifs is 3. The topological polar surface area (TPSA) is 138 Å². The fourth-order valence-electron chi connectivity index (χ4n) is 3.34. The lowest BCUT2D eigenvalue weighted by Crippen LogP contribution is -2.46. The number of hydrogen-bond donors (Lipinski definition) is 2. The van der Waals surface area contributed by atoms with Gasteiger partial charge in [-0.3, -0.25) is 0 Å². The lowest BCUT2D eigenvalue weighted by atomic mass is 9.78. The van der Waals surface area contributed by atoms with Crippen molar-refractivity contribution in [1.29, 1.82) is 0 Å². The first-order valence-electron chi connectivity index (χ1n) is 8.50. The number of carbonyl (C=O) groups is 2. The smallest absolute Gasteiger partial charge is 0.414 e. The van der Waals surface area contributed by atoms with Gasteiger partial charge in [0.25, 0.3) is 0 Å². The third-order valence-corrected chi connectivity index (χ3v) is 7.11. The van der Waals surface area contributed by atoms with E-state index in [0.29, 0.717) is 12.3 Å². The van der Waals surface area contributed by atoms with Crippen molar-refractivity contribution in [3.05, 3.63) is 5.69 Å². The largest absolute Gasteiger partial charge is 0.473 e. The molecular weight excluding hydrogens is 382 g/mol. The molecular formula is C15H23N3O6S2. The number of rotatable bonds is 5. The van der Waals surface area contributed by atoms with E-state index < -0.39 is 21.8 Å². The minimum absolute atomic E-state index is 0.197. The first-order valence-corrected chi connectivity index (χ1v) is 10.9. The maximum Gasteiger partial charge on any atom is 0.414 e. The summed E-state index contributed by atoms with van der Waals surface area (Å²) in [5.74, 6) is -2.60. The molecule has 0 aliphatic carbocycles. The lowest BCUT2D eigenvalue weighted by molar-refractivity contribution is -0.159. The van der Waals surface area contributed by atoms with Gasteiger partial charge in [-0.05, 0) is 38.3 Å². The molecule has 1 atom stereocenters. The van der Waals surface area contributed by atoms with Gasteiger partial charge < -0.3 is 15.1 Å². The van der Waals surface area contributed by atoms with Crippen LogP contribution in [0.5, 0.6) is 0 Å². The number of carboxylic acids is 2. The average Bonchev–Trinajstić information content (AvgIpc) is 3.12. The molecule has 11 heteroatoms. The summed E-state index contributed by atoms with van der Waals surface area (Å²) in [4.78, 5) is 20.6. The number of piperidine rings is 3. The molecule has 2 bridgehead atoms. The van der Waals surface area contributed by atoms with Crippen LogP contribution in [-0.2, 0) is 19.4 Å².